The highest BCUT2D eigenvalue weighted by molar-refractivity contribution is 5.71. The second-order valence-corrected chi connectivity index (χ2v) is 4.60. The normalized spacial score (nSPS) is 23.2. The van der Waals surface area contributed by atoms with Gasteiger partial charge in [0.2, 0.25) is 0 Å². The number of esters is 1. The molecule has 1 aromatic heterocycles. The minimum Gasteiger partial charge on any atom is -0.465 e. The summed E-state index contributed by atoms with van der Waals surface area (Å²) in [5, 5.41) is 7.42. The first-order chi connectivity index (χ1) is 8.79. The molecule has 0 saturated heterocycles. The van der Waals surface area contributed by atoms with E-state index < -0.39 is 0 Å². The van der Waals surface area contributed by atoms with Crippen LogP contribution >= 0.6 is 0 Å². The number of nitrogens with one attached hydrogen (secondary N) is 1. The van der Waals surface area contributed by atoms with E-state index in [9.17, 15) is 4.79 Å². The van der Waals surface area contributed by atoms with E-state index in [0.717, 1.165) is 13.0 Å². The van der Waals surface area contributed by atoms with Gasteiger partial charge in [-0.05, 0) is 25.7 Å². The van der Waals surface area contributed by atoms with Crippen molar-refractivity contribution >= 4 is 5.97 Å². The maximum absolute atomic E-state index is 11.3. The summed E-state index contributed by atoms with van der Waals surface area (Å²) in [4.78, 5) is 15.3. The molecule has 2 atom stereocenters. The van der Waals surface area contributed by atoms with Crippen molar-refractivity contribution in [3.63, 3.8) is 0 Å². The number of nitrogens with zero attached hydrogens (tertiary/aromatic N) is 3. The number of hydrogen-bond acceptors (Lipinski definition) is 5. The maximum Gasteiger partial charge on any atom is 0.319 e. The van der Waals surface area contributed by atoms with Gasteiger partial charge in [-0.25, -0.2) is 4.98 Å². The van der Waals surface area contributed by atoms with Gasteiger partial charge in [-0.2, -0.15) is 5.10 Å². The van der Waals surface area contributed by atoms with Crippen molar-refractivity contribution in [2.75, 3.05) is 13.2 Å². The van der Waals surface area contributed by atoms with Gasteiger partial charge in [0, 0.05) is 12.6 Å². The van der Waals surface area contributed by atoms with E-state index in [1.54, 1.807) is 12.7 Å². The molecule has 1 fully saturated rings. The van der Waals surface area contributed by atoms with Crippen molar-refractivity contribution in [1.29, 1.82) is 0 Å². The average Bonchev–Trinajstić information content (AvgIpc) is 2.99. The third-order valence-corrected chi connectivity index (χ3v) is 3.36. The van der Waals surface area contributed by atoms with Crippen molar-refractivity contribution in [3.05, 3.63) is 12.7 Å². The van der Waals surface area contributed by atoms with Gasteiger partial charge in [0.1, 0.15) is 12.7 Å². The highest BCUT2D eigenvalue weighted by atomic mass is 16.5. The Labute approximate surface area is 107 Å². The van der Waals surface area contributed by atoms with Gasteiger partial charge in [0.05, 0.1) is 13.2 Å². The number of aromatic nitrogens is 3. The SMILES string of the molecule is CCOC(=O)CNC1CCC[C@H]1Cn1cncn1. The summed E-state index contributed by atoms with van der Waals surface area (Å²) in [6.07, 6.45) is 6.76. The molecule has 1 unspecified atom stereocenters. The summed E-state index contributed by atoms with van der Waals surface area (Å²) in [6, 6.07) is 0.374. The molecule has 0 aliphatic heterocycles. The van der Waals surface area contributed by atoms with E-state index in [-0.39, 0.29) is 5.97 Å². The Balaban J connectivity index is 1.78. The zero-order chi connectivity index (χ0) is 12.8. The highest BCUT2D eigenvalue weighted by Crippen LogP contribution is 2.26. The number of hydrogen-bond donors (Lipinski definition) is 1. The first kappa shape index (κ1) is 13.0. The molecular weight excluding hydrogens is 232 g/mol. The molecule has 0 amide bonds. The maximum atomic E-state index is 11.3. The van der Waals surface area contributed by atoms with Crippen molar-refractivity contribution in [3.8, 4) is 0 Å². The van der Waals surface area contributed by atoms with Crippen LogP contribution in [0.2, 0.25) is 0 Å². The van der Waals surface area contributed by atoms with E-state index in [2.05, 4.69) is 15.4 Å². The second kappa shape index (κ2) is 6.49. The van der Waals surface area contributed by atoms with Gasteiger partial charge in [-0.3, -0.25) is 9.48 Å². The molecule has 1 aliphatic rings. The summed E-state index contributed by atoms with van der Waals surface area (Å²) < 4.78 is 6.77. The Morgan fingerprint density at radius 1 is 1.56 bits per heavy atom. The van der Waals surface area contributed by atoms with Crippen LogP contribution in [0.4, 0.5) is 0 Å². The number of rotatable bonds is 6. The van der Waals surface area contributed by atoms with Gasteiger partial charge >= 0.3 is 5.97 Å². The Morgan fingerprint density at radius 3 is 3.17 bits per heavy atom. The van der Waals surface area contributed by atoms with Crippen molar-refractivity contribution < 1.29 is 9.53 Å². The Hall–Kier alpha value is -1.43. The van der Waals surface area contributed by atoms with Gasteiger partial charge in [0.25, 0.3) is 0 Å². The zero-order valence-corrected chi connectivity index (χ0v) is 10.7. The lowest BCUT2D eigenvalue weighted by atomic mass is 10.0. The molecule has 1 saturated carbocycles. The lowest BCUT2D eigenvalue weighted by molar-refractivity contribution is -0.142. The molecule has 1 aliphatic carbocycles. The molecule has 0 aromatic carbocycles. The standard InChI is InChI=1S/C12H20N4O2/c1-2-18-12(17)6-14-11-5-3-4-10(11)7-16-9-13-8-15-16/h8-11,14H,2-7H2,1H3/t10-,11?/m0/s1. The molecule has 18 heavy (non-hydrogen) atoms. The minimum atomic E-state index is -0.177. The molecule has 100 valence electrons. The van der Waals surface area contributed by atoms with Crippen LogP contribution < -0.4 is 5.32 Å². The van der Waals surface area contributed by atoms with Gasteiger partial charge in [-0.1, -0.05) is 6.42 Å². The van der Waals surface area contributed by atoms with Crippen molar-refractivity contribution in [1.82, 2.24) is 20.1 Å². The van der Waals surface area contributed by atoms with E-state index >= 15 is 0 Å². The number of ether oxygens (including phenoxy) is 1. The summed E-state index contributed by atoms with van der Waals surface area (Å²) in [5.74, 6) is 0.338. The lowest BCUT2D eigenvalue weighted by Crippen LogP contribution is -2.38. The Morgan fingerprint density at radius 2 is 2.44 bits per heavy atom. The summed E-state index contributed by atoms with van der Waals surface area (Å²) in [6.45, 7) is 3.42. The molecule has 0 spiro atoms. The topological polar surface area (TPSA) is 69.0 Å². The first-order valence-corrected chi connectivity index (χ1v) is 6.51. The van der Waals surface area contributed by atoms with Crippen molar-refractivity contribution in [2.45, 2.75) is 38.8 Å². The average molecular weight is 252 g/mol. The van der Waals surface area contributed by atoms with E-state index in [1.165, 1.54) is 12.8 Å². The number of carbonyl (C=O) groups is 1. The molecular formula is C12H20N4O2. The largest absolute Gasteiger partial charge is 0.465 e. The summed E-state index contributed by atoms with van der Waals surface area (Å²) in [5.41, 5.74) is 0. The van der Waals surface area contributed by atoms with Gasteiger partial charge < -0.3 is 10.1 Å². The van der Waals surface area contributed by atoms with Crippen LogP contribution in [0, 0.1) is 5.92 Å². The predicted octanol–water partition coefficient (Wildman–Crippen LogP) is 0.599. The minimum absolute atomic E-state index is 0.177. The van der Waals surface area contributed by atoms with E-state index in [4.69, 9.17) is 4.74 Å². The Kier molecular flexibility index (Phi) is 4.69. The van der Waals surface area contributed by atoms with Crippen LogP contribution in [-0.2, 0) is 16.1 Å². The van der Waals surface area contributed by atoms with E-state index in [1.807, 2.05) is 11.6 Å². The molecule has 1 heterocycles. The second-order valence-electron chi connectivity index (χ2n) is 4.60. The third-order valence-electron chi connectivity index (χ3n) is 3.36. The lowest BCUT2D eigenvalue weighted by Gasteiger charge is -2.20. The highest BCUT2D eigenvalue weighted by Gasteiger charge is 2.27. The van der Waals surface area contributed by atoms with Gasteiger partial charge in [0.15, 0.2) is 0 Å². The molecule has 2 rings (SSSR count). The molecule has 0 bridgehead atoms. The molecule has 6 nitrogen and oxygen atoms in total. The fourth-order valence-corrected chi connectivity index (χ4v) is 2.52. The van der Waals surface area contributed by atoms with E-state index in [0.29, 0.717) is 25.1 Å². The third kappa shape index (κ3) is 3.53. The monoisotopic (exact) mass is 252 g/mol. The fraction of sp³-hybridized carbons (Fsp3) is 0.750. The number of carbonyl (C=O) groups excluding carboxylic acids is 1. The molecule has 0 radical (unpaired) electrons. The summed E-state index contributed by atoms with van der Waals surface area (Å²) >= 11 is 0. The van der Waals surface area contributed by atoms with Crippen LogP contribution in [0.15, 0.2) is 12.7 Å². The summed E-state index contributed by atoms with van der Waals surface area (Å²) in [7, 11) is 0. The first-order valence-electron chi connectivity index (χ1n) is 6.51. The van der Waals surface area contributed by atoms with Gasteiger partial charge in [-0.15, -0.1) is 0 Å². The van der Waals surface area contributed by atoms with Crippen LogP contribution in [0.1, 0.15) is 26.2 Å². The van der Waals surface area contributed by atoms with Crippen LogP contribution in [-0.4, -0.2) is 39.9 Å². The van der Waals surface area contributed by atoms with Crippen LogP contribution in [0.5, 0.6) is 0 Å². The molecule has 1 aromatic rings. The quantitative estimate of drug-likeness (QED) is 0.751. The Bertz CT molecular complexity index is 366. The molecule has 1 N–H and O–H groups in total. The van der Waals surface area contributed by atoms with Crippen LogP contribution in [0.3, 0.4) is 0 Å². The smallest absolute Gasteiger partial charge is 0.319 e. The van der Waals surface area contributed by atoms with Crippen LogP contribution in [0.25, 0.3) is 0 Å². The zero-order valence-electron chi connectivity index (χ0n) is 10.7. The molecule has 6 heteroatoms. The van der Waals surface area contributed by atoms with Crippen molar-refractivity contribution in [2.24, 2.45) is 5.92 Å². The predicted molar refractivity (Wildman–Crippen MR) is 65.8 cm³/mol. The fourth-order valence-electron chi connectivity index (χ4n) is 2.52.